The lowest BCUT2D eigenvalue weighted by atomic mass is 10.1. The second kappa shape index (κ2) is 11.7. The molecule has 0 fully saturated rings. The Morgan fingerprint density at radius 2 is 1.45 bits per heavy atom. The van der Waals surface area contributed by atoms with Crippen LogP contribution in [0.4, 0.5) is 0 Å². The molecule has 0 saturated carbocycles. The quantitative estimate of drug-likeness (QED) is 0.320. The Bertz CT molecular complexity index is 379. The number of hydrogen-bond donors (Lipinski definition) is 0. The summed E-state index contributed by atoms with van der Waals surface area (Å²) < 4.78 is 4.99. The molecular weight excluding hydrogens is 268 g/mol. The molecule has 1 heterocycles. The largest absolute Gasteiger partial charge is 0.256 e. The van der Waals surface area contributed by atoms with Gasteiger partial charge in [-0.25, -0.2) is 9.13 Å². The van der Waals surface area contributed by atoms with Crippen LogP contribution in [0.3, 0.4) is 0 Å². The van der Waals surface area contributed by atoms with Gasteiger partial charge in [0, 0.05) is 6.42 Å². The number of aromatic nitrogens is 2. The first-order chi connectivity index (χ1) is 10.7. The fraction of sp³-hybridized carbons (Fsp3) is 0.850. The number of aryl methyl sites for hydroxylation is 1. The van der Waals surface area contributed by atoms with Gasteiger partial charge in [-0.2, -0.15) is 0 Å². The molecule has 0 aliphatic rings. The van der Waals surface area contributed by atoms with E-state index in [4.69, 9.17) is 0 Å². The first kappa shape index (κ1) is 19.3. The Balaban J connectivity index is 2.47. The summed E-state index contributed by atoms with van der Waals surface area (Å²) in [6, 6.07) is 0.576. The highest BCUT2D eigenvalue weighted by Gasteiger charge is 2.18. The summed E-state index contributed by atoms with van der Waals surface area (Å²) in [4.78, 5) is 0. The van der Waals surface area contributed by atoms with Crippen LogP contribution in [0.15, 0.2) is 12.4 Å². The van der Waals surface area contributed by atoms with Crippen LogP contribution in [0.5, 0.6) is 0 Å². The maximum Gasteiger partial charge on any atom is 0.256 e. The summed E-state index contributed by atoms with van der Waals surface area (Å²) in [6.45, 7) is 10.4. The van der Waals surface area contributed by atoms with E-state index < -0.39 is 0 Å². The van der Waals surface area contributed by atoms with E-state index in [2.05, 4.69) is 49.2 Å². The molecule has 0 aliphatic carbocycles. The maximum atomic E-state index is 2.52. The summed E-state index contributed by atoms with van der Waals surface area (Å²) in [6.07, 6.45) is 19.5. The third-order valence-electron chi connectivity index (χ3n) is 4.60. The zero-order valence-corrected chi connectivity index (χ0v) is 15.6. The van der Waals surface area contributed by atoms with E-state index in [1.807, 2.05) is 0 Å². The summed E-state index contributed by atoms with van der Waals surface area (Å²) in [5.74, 6) is 1.54. The Kier molecular flexibility index (Phi) is 10.3. The molecule has 0 radical (unpaired) electrons. The molecule has 2 heteroatoms. The predicted molar refractivity (Wildman–Crippen MR) is 96.2 cm³/mol. The van der Waals surface area contributed by atoms with Gasteiger partial charge in [0.25, 0.3) is 5.82 Å². The third-order valence-corrected chi connectivity index (χ3v) is 4.60. The van der Waals surface area contributed by atoms with Crippen molar-refractivity contribution in [1.29, 1.82) is 0 Å². The molecule has 2 nitrogen and oxygen atoms in total. The van der Waals surface area contributed by atoms with Gasteiger partial charge in [-0.15, -0.1) is 0 Å². The van der Waals surface area contributed by atoms with Crippen LogP contribution in [0, 0.1) is 0 Å². The van der Waals surface area contributed by atoms with E-state index in [0.717, 1.165) is 0 Å². The van der Waals surface area contributed by atoms with Crippen LogP contribution < -0.4 is 4.57 Å². The molecule has 0 saturated heterocycles. The lowest BCUT2D eigenvalue weighted by Gasteiger charge is -2.08. The molecule has 0 aliphatic heterocycles. The van der Waals surface area contributed by atoms with Gasteiger partial charge in [0.2, 0.25) is 0 Å². The van der Waals surface area contributed by atoms with Crippen molar-refractivity contribution in [1.82, 2.24) is 4.57 Å². The minimum Gasteiger partial charge on any atom is -0.234 e. The fourth-order valence-electron chi connectivity index (χ4n) is 3.19. The van der Waals surface area contributed by atoms with Gasteiger partial charge >= 0.3 is 0 Å². The van der Waals surface area contributed by atoms with Crippen molar-refractivity contribution < 1.29 is 4.57 Å². The van der Waals surface area contributed by atoms with E-state index >= 15 is 0 Å². The highest BCUT2D eigenvalue weighted by Crippen LogP contribution is 2.12. The molecule has 0 unspecified atom stereocenters. The molecule has 0 spiro atoms. The topological polar surface area (TPSA) is 8.81 Å². The number of hydrogen-bond acceptors (Lipinski definition) is 0. The van der Waals surface area contributed by atoms with Crippen molar-refractivity contribution in [2.75, 3.05) is 0 Å². The molecule has 1 aromatic rings. The van der Waals surface area contributed by atoms with E-state index in [0.29, 0.717) is 6.04 Å². The Morgan fingerprint density at radius 3 is 2.09 bits per heavy atom. The Hall–Kier alpha value is -0.790. The molecule has 0 atom stereocenters. The van der Waals surface area contributed by atoms with Gasteiger partial charge in [-0.1, -0.05) is 58.8 Å². The van der Waals surface area contributed by atoms with Gasteiger partial charge in [0.05, 0.1) is 12.6 Å². The SMILES string of the molecule is CCCCCCCCc1n(C(C)C)cc[n+]1CCCCCC. The van der Waals surface area contributed by atoms with Gasteiger partial charge < -0.3 is 0 Å². The molecule has 128 valence electrons. The average Bonchev–Trinajstić information content (AvgIpc) is 2.90. The van der Waals surface area contributed by atoms with Crippen molar-refractivity contribution >= 4 is 0 Å². The second-order valence-electron chi connectivity index (χ2n) is 6.99. The smallest absolute Gasteiger partial charge is 0.234 e. The van der Waals surface area contributed by atoms with Crippen molar-refractivity contribution in [3.05, 3.63) is 18.2 Å². The molecule has 22 heavy (non-hydrogen) atoms. The highest BCUT2D eigenvalue weighted by molar-refractivity contribution is 4.86. The van der Waals surface area contributed by atoms with Crippen LogP contribution in [-0.4, -0.2) is 4.57 Å². The number of imidazole rings is 1. The summed E-state index contributed by atoms with van der Waals surface area (Å²) >= 11 is 0. The lowest BCUT2D eigenvalue weighted by Crippen LogP contribution is -2.37. The average molecular weight is 308 g/mol. The van der Waals surface area contributed by atoms with E-state index in [1.165, 1.54) is 77.2 Å². The van der Waals surface area contributed by atoms with Crippen LogP contribution in [0.25, 0.3) is 0 Å². The van der Waals surface area contributed by atoms with Gasteiger partial charge in [-0.05, 0) is 33.1 Å². The van der Waals surface area contributed by atoms with E-state index in [9.17, 15) is 0 Å². The summed E-state index contributed by atoms with van der Waals surface area (Å²) in [7, 11) is 0. The zero-order valence-electron chi connectivity index (χ0n) is 15.6. The fourth-order valence-corrected chi connectivity index (χ4v) is 3.19. The minimum atomic E-state index is 0.576. The number of unbranched alkanes of at least 4 members (excludes halogenated alkanes) is 8. The normalized spacial score (nSPS) is 11.5. The monoisotopic (exact) mass is 307 g/mol. The van der Waals surface area contributed by atoms with Crippen molar-refractivity contribution in [3.8, 4) is 0 Å². The number of rotatable bonds is 13. The molecule has 0 amide bonds. The van der Waals surface area contributed by atoms with Crippen LogP contribution in [-0.2, 0) is 13.0 Å². The Labute approximate surface area is 138 Å². The molecule has 0 N–H and O–H groups in total. The van der Waals surface area contributed by atoms with Crippen molar-refractivity contribution in [2.24, 2.45) is 0 Å². The molecular formula is C20H39N2+. The maximum absolute atomic E-state index is 2.52. The zero-order chi connectivity index (χ0) is 16.2. The standard InChI is InChI=1S/C20H39N2/c1-5-7-9-11-12-13-15-20-21(16-14-10-8-6-2)17-18-22(20)19(3)4/h17-19H,5-16H2,1-4H3/q+1. The van der Waals surface area contributed by atoms with Crippen molar-refractivity contribution in [2.45, 2.75) is 111 Å². The molecule has 0 aromatic carbocycles. The first-order valence-corrected chi connectivity index (χ1v) is 9.79. The van der Waals surface area contributed by atoms with Gasteiger partial charge in [0.1, 0.15) is 12.4 Å². The lowest BCUT2D eigenvalue weighted by molar-refractivity contribution is -0.704. The molecule has 0 bridgehead atoms. The van der Waals surface area contributed by atoms with Crippen LogP contribution in [0.1, 0.15) is 104 Å². The van der Waals surface area contributed by atoms with Gasteiger partial charge in [0.15, 0.2) is 0 Å². The second-order valence-corrected chi connectivity index (χ2v) is 6.99. The molecule has 1 rings (SSSR count). The minimum absolute atomic E-state index is 0.576. The van der Waals surface area contributed by atoms with Crippen LogP contribution >= 0.6 is 0 Å². The van der Waals surface area contributed by atoms with E-state index in [1.54, 1.807) is 5.82 Å². The Morgan fingerprint density at radius 1 is 0.864 bits per heavy atom. The number of nitrogens with zero attached hydrogens (tertiary/aromatic N) is 2. The molecule has 1 aromatic heterocycles. The summed E-state index contributed by atoms with van der Waals surface area (Å²) in [5, 5.41) is 0. The van der Waals surface area contributed by atoms with Crippen LogP contribution in [0.2, 0.25) is 0 Å². The third kappa shape index (κ3) is 6.98. The highest BCUT2D eigenvalue weighted by atomic mass is 15.2. The predicted octanol–water partition coefficient (Wildman–Crippen LogP) is 5.84. The van der Waals surface area contributed by atoms with E-state index in [-0.39, 0.29) is 0 Å². The van der Waals surface area contributed by atoms with Crippen molar-refractivity contribution in [3.63, 3.8) is 0 Å². The van der Waals surface area contributed by atoms with Gasteiger partial charge in [-0.3, -0.25) is 0 Å². The first-order valence-electron chi connectivity index (χ1n) is 9.79. The summed E-state index contributed by atoms with van der Waals surface area (Å²) in [5.41, 5.74) is 0.